The molecule has 1 amide bonds. The zero-order valence-corrected chi connectivity index (χ0v) is 14.5. The average Bonchev–Trinajstić information content (AvgIpc) is 2.63. The number of piperazine rings is 1. The number of carbonyl (C=O) groups is 1. The van der Waals surface area contributed by atoms with Crippen LogP contribution in [0.2, 0.25) is 0 Å². The summed E-state index contributed by atoms with van der Waals surface area (Å²) in [6, 6.07) is 19.9. The summed E-state index contributed by atoms with van der Waals surface area (Å²) in [7, 11) is 0. The lowest BCUT2D eigenvalue weighted by Crippen LogP contribution is -2.49. The molecule has 128 valence electrons. The molecule has 0 radical (unpaired) electrons. The van der Waals surface area contributed by atoms with Crippen molar-refractivity contribution < 1.29 is 4.79 Å². The van der Waals surface area contributed by atoms with Crippen LogP contribution in [0.3, 0.4) is 0 Å². The van der Waals surface area contributed by atoms with Gasteiger partial charge in [0.2, 0.25) is 5.91 Å². The largest absolute Gasteiger partial charge is 0.350 e. The summed E-state index contributed by atoms with van der Waals surface area (Å²) in [5.41, 5.74) is 2.17. The average molecular weight is 346 g/mol. The summed E-state index contributed by atoms with van der Waals surface area (Å²) in [6.45, 7) is 4.19. The first kappa shape index (κ1) is 18.5. The number of amides is 1. The van der Waals surface area contributed by atoms with Gasteiger partial charge < -0.3 is 10.6 Å². The molecule has 0 aliphatic carbocycles. The zero-order chi connectivity index (χ0) is 15.9. The summed E-state index contributed by atoms with van der Waals surface area (Å²) < 4.78 is 0. The van der Waals surface area contributed by atoms with Gasteiger partial charge in [0.05, 0.1) is 0 Å². The van der Waals surface area contributed by atoms with Crippen molar-refractivity contribution >= 4 is 18.3 Å². The lowest BCUT2D eigenvalue weighted by molar-refractivity contribution is -0.127. The molecule has 0 spiro atoms. The Morgan fingerprint density at radius 1 is 1.00 bits per heavy atom. The van der Waals surface area contributed by atoms with Crippen LogP contribution in [0.15, 0.2) is 60.7 Å². The Kier molecular flexibility index (Phi) is 7.25. The van der Waals surface area contributed by atoms with Gasteiger partial charge in [0, 0.05) is 32.7 Å². The number of rotatable bonds is 5. The topological polar surface area (TPSA) is 44.4 Å². The third kappa shape index (κ3) is 4.81. The highest BCUT2D eigenvalue weighted by atomic mass is 35.5. The van der Waals surface area contributed by atoms with Crippen molar-refractivity contribution in [3.05, 3.63) is 71.8 Å². The zero-order valence-electron chi connectivity index (χ0n) is 13.7. The first-order chi connectivity index (χ1) is 11.3. The molecule has 2 N–H and O–H groups in total. The molecule has 1 saturated heterocycles. The molecule has 1 atom stereocenters. The second-order valence-corrected chi connectivity index (χ2v) is 5.80. The number of hydrogen-bond donors (Lipinski definition) is 2. The molecular weight excluding hydrogens is 322 g/mol. The number of nitrogens with one attached hydrogen (secondary N) is 2. The van der Waals surface area contributed by atoms with Crippen molar-refractivity contribution in [2.24, 2.45) is 0 Å². The van der Waals surface area contributed by atoms with Crippen LogP contribution in [-0.2, 0) is 11.3 Å². The van der Waals surface area contributed by atoms with Crippen molar-refractivity contribution in [1.82, 2.24) is 15.5 Å². The van der Waals surface area contributed by atoms with E-state index in [1.54, 1.807) is 0 Å². The molecule has 1 aliphatic rings. The van der Waals surface area contributed by atoms with Crippen molar-refractivity contribution in [3.63, 3.8) is 0 Å². The van der Waals surface area contributed by atoms with Crippen molar-refractivity contribution in [1.29, 1.82) is 0 Å². The van der Waals surface area contributed by atoms with E-state index in [4.69, 9.17) is 0 Å². The molecule has 5 heteroatoms. The Labute approximate surface area is 149 Å². The monoisotopic (exact) mass is 345 g/mol. The van der Waals surface area contributed by atoms with Gasteiger partial charge in [0.15, 0.2) is 0 Å². The number of carbonyl (C=O) groups excluding carboxylic acids is 1. The van der Waals surface area contributed by atoms with Crippen LogP contribution in [-0.4, -0.2) is 37.0 Å². The predicted molar refractivity (Wildman–Crippen MR) is 99.2 cm³/mol. The highest BCUT2D eigenvalue weighted by Crippen LogP contribution is 2.21. The Hall–Kier alpha value is -1.88. The fraction of sp³-hybridized carbons (Fsp3) is 0.316. The molecule has 2 aromatic rings. The van der Waals surface area contributed by atoms with E-state index in [1.807, 2.05) is 60.7 Å². The molecule has 2 aromatic carbocycles. The highest BCUT2D eigenvalue weighted by Gasteiger charge is 2.28. The Morgan fingerprint density at radius 2 is 1.58 bits per heavy atom. The Balaban J connectivity index is 0.00000208. The summed E-state index contributed by atoms with van der Waals surface area (Å²) >= 11 is 0. The molecular formula is C19H24ClN3O. The maximum Gasteiger partial charge on any atom is 0.242 e. The normalized spacial score (nSPS) is 16.0. The smallest absolute Gasteiger partial charge is 0.242 e. The Bertz CT molecular complexity index is 615. The van der Waals surface area contributed by atoms with Gasteiger partial charge in [0.25, 0.3) is 0 Å². The third-order valence-electron chi connectivity index (χ3n) is 4.19. The Morgan fingerprint density at radius 3 is 2.21 bits per heavy atom. The first-order valence-electron chi connectivity index (χ1n) is 8.16. The van der Waals surface area contributed by atoms with Crippen molar-refractivity contribution in [2.45, 2.75) is 12.6 Å². The summed E-state index contributed by atoms with van der Waals surface area (Å²) in [5, 5.41) is 6.44. The second kappa shape index (κ2) is 9.42. The van der Waals surface area contributed by atoms with E-state index in [0.717, 1.165) is 37.3 Å². The number of benzene rings is 2. The molecule has 24 heavy (non-hydrogen) atoms. The minimum Gasteiger partial charge on any atom is -0.350 e. The van der Waals surface area contributed by atoms with E-state index < -0.39 is 0 Å². The van der Waals surface area contributed by atoms with Gasteiger partial charge in [0.1, 0.15) is 6.04 Å². The van der Waals surface area contributed by atoms with E-state index in [0.29, 0.717) is 6.54 Å². The summed E-state index contributed by atoms with van der Waals surface area (Å²) in [6.07, 6.45) is 0. The fourth-order valence-corrected chi connectivity index (χ4v) is 2.99. The molecule has 1 aliphatic heterocycles. The maximum absolute atomic E-state index is 12.8. The predicted octanol–water partition coefficient (Wildman–Crippen LogP) is 2.37. The van der Waals surface area contributed by atoms with Crippen molar-refractivity contribution in [2.75, 3.05) is 26.2 Å². The van der Waals surface area contributed by atoms with Crippen molar-refractivity contribution in [3.8, 4) is 0 Å². The van der Waals surface area contributed by atoms with Crippen LogP contribution in [0.4, 0.5) is 0 Å². The minimum atomic E-state index is -0.220. The lowest BCUT2D eigenvalue weighted by Gasteiger charge is -2.34. The van der Waals surface area contributed by atoms with Crippen LogP contribution in [0.25, 0.3) is 0 Å². The number of hydrogen-bond acceptors (Lipinski definition) is 3. The van der Waals surface area contributed by atoms with Crippen LogP contribution < -0.4 is 10.6 Å². The van der Waals surface area contributed by atoms with Crippen LogP contribution >= 0.6 is 12.4 Å². The van der Waals surface area contributed by atoms with Gasteiger partial charge in [-0.25, -0.2) is 0 Å². The third-order valence-corrected chi connectivity index (χ3v) is 4.19. The molecule has 1 unspecified atom stereocenters. The highest BCUT2D eigenvalue weighted by molar-refractivity contribution is 5.85. The van der Waals surface area contributed by atoms with Gasteiger partial charge in [-0.2, -0.15) is 0 Å². The molecule has 0 aromatic heterocycles. The van der Waals surface area contributed by atoms with Crippen LogP contribution in [0, 0.1) is 0 Å². The van der Waals surface area contributed by atoms with E-state index in [9.17, 15) is 4.79 Å². The molecule has 3 rings (SSSR count). The standard InChI is InChI=1S/C19H23N3O.ClH/c23-19(21-15-16-7-3-1-4-8-16)18(17-9-5-2-6-10-17)22-13-11-20-12-14-22;/h1-10,18,20H,11-15H2,(H,21,23);1H. The van der Waals surface area contributed by atoms with E-state index in [2.05, 4.69) is 15.5 Å². The van der Waals surface area contributed by atoms with Crippen LogP contribution in [0.1, 0.15) is 17.2 Å². The maximum atomic E-state index is 12.8. The first-order valence-corrected chi connectivity index (χ1v) is 8.16. The quantitative estimate of drug-likeness (QED) is 0.874. The minimum absolute atomic E-state index is 0. The second-order valence-electron chi connectivity index (χ2n) is 5.80. The fourth-order valence-electron chi connectivity index (χ4n) is 2.99. The number of halogens is 1. The van der Waals surface area contributed by atoms with Gasteiger partial charge in [-0.1, -0.05) is 60.7 Å². The summed E-state index contributed by atoms with van der Waals surface area (Å²) in [4.78, 5) is 15.1. The summed E-state index contributed by atoms with van der Waals surface area (Å²) in [5.74, 6) is 0.0713. The van der Waals surface area contributed by atoms with Gasteiger partial charge in [-0.05, 0) is 11.1 Å². The number of nitrogens with zero attached hydrogens (tertiary/aromatic N) is 1. The molecule has 0 saturated carbocycles. The van der Waals surface area contributed by atoms with E-state index >= 15 is 0 Å². The van der Waals surface area contributed by atoms with E-state index in [-0.39, 0.29) is 24.4 Å². The molecule has 4 nitrogen and oxygen atoms in total. The lowest BCUT2D eigenvalue weighted by atomic mass is 10.0. The van der Waals surface area contributed by atoms with Gasteiger partial charge in [-0.15, -0.1) is 12.4 Å². The van der Waals surface area contributed by atoms with Gasteiger partial charge >= 0.3 is 0 Å². The molecule has 1 fully saturated rings. The molecule has 1 heterocycles. The SMILES string of the molecule is Cl.O=C(NCc1ccccc1)C(c1ccccc1)N1CCNCC1. The van der Waals surface area contributed by atoms with Crippen LogP contribution in [0.5, 0.6) is 0 Å². The van der Waals surface area contributed by atoms with E-state index in [1.165, 1.54) is 0 Å². The van der Waals surface area contributed by atoms with Gasteiger partial charge in [-0.3, -0.25) is 9.69 Å². The molecule has 0 bridgehead atoms.